The third kappa shape index (κ3) is 4.08. The number of carbonyl (C=O) groups is 1. The van der Waals surface area contributed by atoms with Crippen molar-refractivity contribution in [3.63, 3.8) is 0 Å². The molecule has 2 aromatic rings. The van der Waals surface area contributed by atoms with Crippen LogP contribution in [0.4, 0.5) is 0 Å². The molecule has 1 N–H and O–H groups in total. The van der Waals surface area contributed by atoms with E-state index in [0.29, 0.717) is 18.0 Å². The van der Waals surface area contributed by atoms with Gasteiger partial charge in [0.25, 0.3) is 5.91 Å². The van der Waals surface area contributed by atoms with Crippen LogP contribution in [0.3, 0.4) is 0 Å². The summed E-state index contributed by atoms with van der Waals surface area (Å²) in [6.45, 7) is 2.33. The molecule has 0 spiro atoms. The Hall–Kier alpha value is -2.47. The first-order valence-electron chi connectivity index (χ1n) is 7.82. The number of rotatable bonds is 8. The minimum atomic E-state index is -0.262. The summed E-state index contributed by atoms with van der Waals surface area (Å²) in [5.74, 6) is 2.06. The van der Waals surface area contributed by atoms with Gasteiger partial charge in [0.05, 0.1) is 20.8 Å². The number of aliphatic hydroxyl groups is 1. The number of carbonyl (C=O) groups excluding carboxylic acids is 1. The van der Waals surface area contributed by atoms with Crippen LogP contribution in [-0.4, -0.2) is 43.3 Å². The van der Waals surface area contributed by atoms with Gasteiger partial charge < -0.3 is 23.9 Å². The lowest BCUT2D eigenvalue weighted by Gasteiger charge is -2.22. The zero-order valence-electron chi connectivity index (χ0n) is 14.2. The number of furan rings is 1. The summed E-state index contributed by atoms with van der Waals surface area (Å²) in [5.41, 5.74) is 0.822. The topological polar surface area (TPSA) is 72.1 Å². The molecule has 130 valence electrons. The molecule has 0 saturated carbocycles. The maximum atomic E-state index is 12.6. The number of amides is 1. The van der Waals surface area contributed by atoms with Gasteiger partial charge in [-0.2, -0.15) is 0 Å². The van der Waals surface area contributed by atoms with E-state index in [2.05, 4.69) is 0 Å². The SMILES string of the molecule is CCc1ccc(C(=O)N(CCO)Cc2ccc(OC)cc2OC)o1. The van der Waals surface area contributed by atoms with E-state index in [1.54, 1.807) is 32.4 Å². The summed E-state index contributed by atoms with van der Waals surface area (Å²) >= 11 is 0. The van der Waals surface area contributed by atoms with E-state index in [1.807, 2.05) is 19.1 Å². The number of hydrogen-bond donors (Lipinski definition) is 1. The zero-order valence-corrected chi connectivity index (χ0v) is 14.2. The standard InChI is InChI=1S/C18H23NO5/c1-4-14-7-8-16(24-14)18(21)19(9-10-20)12-13-5-6-15(22-2)11-17(13)23-3/h5-8,11,20H,4,9-10,12H2,1-3H3. The van der Waals surface area contributed by atoms with Crippen molar-refractivity contribution in [2.24, 2.45) is 0 Å². The summed E-state index contributed by atoms with van der Waals surface area (Å²) in [6.07, 6.45) is 0.722. The molecule has 2 rings (SSSR count). The summed E-state index contributed by atoms with van der Waals surface area (Å²) < 4.78 is 16.1. The normalized spacial score (nSPS) is 10.5. The number of benzene rings is 1. The van der Waals surface area contributed by atoms with Gasteiger partial charge in [0, 0.05) is 31.1 Å². The smallest absolute Gasteiger partial charge is 0.289 e. The molecule has 0 bridgehead atoms. The largest absolute Gasteiger partial charge is 0.497 e. The van der Waals surface area contributed by atoms with Crippen molar-refractivity contribution in [3.8, 4) is 11.5 Å². The Balaban J connectivity index is 2.23. The molecular weight excluding hydrogens is 310 g/mol. The highest BCUT2D eigenvalue weighted by atomic mass is 16.5. The second-order valence-electron chi connectivity index (χ2n) is 5.25. The lowest BCUT2D eigenvalue weighted by molar-refractivity contribution is 0.0673. The fourth-order valence-corrected chi connectivity index (χ4v) is 2.40. The third-order valence-electron chi connectivity index (χ3n) is 3.73. The molecule has 1 heterocycles. The van der Waals surface area contributed by atoms with Crippen molar-refractivity contribution in [1.29, 1.82) is 0 Å². The van der Waals surface area contributed by atoms with Crippen molar-refractivity contribution < 1.29 is 23.8 Å². The van der Waals surface area contributed by atoms with Gasteiger partial charge in [-0.25, -0.2) is 0 Å². The van der Waals surface area contributed by atoms with E-state index >= 15 is 0 Å². The van der Waals surface area contributed by atoms with Gasteiger partial charge in [-0.1, -0.05) is 6.92 Å². The van der Waals surface area contributed by atoms with Crippen LogP contribution in [0, 0.1) is 0 Å². The quantitative estimate of drug-likeness (QED) is 0.803. The molecular formula is C18H23NO5. The third-order valence-corrected chi connectivity index (χ3v) is 3.73. The maximum Gasteiger partial charge on any atom is 0.289 e. The Bertz CT molecular complexity index is 680. The lowest BCUT2D eigenvalue weighted by atomic mass is 10.1. The molecule has 0 aliphatic rings. The molecule has 0 aliphatic carbocycles. The predicted octanol–water partition coefficient (Wildman–Crippen LogP) is 2.49. The Labute approximate surface area is 141 Å². The van der Waals surface area contributed by atoms with Gasteiger partial charge in [0.2, 0.25) is 0 Å². The monoisotopic (exact) mass is 333 g/mol. The summed E-state index contributed by atoms with van der Waals surface area (Å²) in [6, 6.07) is 8.87. The summed E-state index contributed by atoms with van der Waals surface area (Å²) in [5, 5.41) is 9.29. The van der Waals surface area contributed by atoms with Crippen molar-refractivity contribution in [2.45, 2.75) is 19.9 Å². The van der Waals surface area contributed by atoms with E-state index < -0.39 is 0 Å². The maximum absolute atomic E-state index is 12.6. The molecule has 0 aliphatic heterocycles. The first-order valence-corrected chi connectivity index (χ1v) is 7.82. The molecule has 6 nitrogen and oxygen atoms in total. The molecule has 24 heavy (non-hydrogen) atoms. The molecule has 0 fully saturated rings. The summed E-state index contributed by atoms with van der Waals surface area (Å²) in [4.78, 5) is 14.2. The van der Waals surface area contributed by atoms with E-state index in [4.69, 9.17) is 13.9 Å². The van der Waals surface area contributed by atoms with Crippen molar-refractivity contribution >= 4 is 5.91 Å². The Kier molecular flexibility index (Phi) is 6.26. The van der Waals surface area contributed by atoms with E-state index in [-0.39, 0.29) is 24.8 Å². The van der Waals surface area contributed by atoms with E-state index in [0.717, 1.165) is 17.7 Å². The lowest BCUT2D eigenvalue weighted by Crippen LogP contribution is -2.33. The van der Waals surface area contributed by atoms with Gasteiger partial charge in [-0.15, -0.1) is 0 Å². The van der Waals surface area contributed by atoms with E-state index in [9.17, 15) is 9.90 Å². The molecule has 1 aromatic heterocycles. The van der Waals surface area contributed by atoms with Gasteiger partial charge in [0.1, 0.15) is 17.3 Å². The Morgan fingerprint density at radius 2 is 2.00 bits per heavy atom. The zero-order chi connectivity index (χ0) is 17.5. The van der Waals surface area contributed by atoms with Crippen LogP contribution in [-0.2, 0) is 13.0 Å². The first-order chi connectivity index (χ1) is 11.6. The second kappa shape index (κ2) is 8.40. The number of ether oxygens (including phenoxy) is 2. The minimum absolute atomic E-state index is 0.133. The van der Waals surface area contributed by atoms with Crippen molar-refractivity contribution in [2.75, 3.05) is 27.4 Å². The highest BCUT2D eigenvalue weighted by molar-refractivity contribution is 5.91. The van der Waals surface area contributed by atoms with Crippen LogP contribution in [0.15, 0.2) is 34.7 Å². The van der Waals surface area contributed by atoms with Crippen molar-refractivity contribution in [1.82, 2.24) is 4.90 Å². The highest BCUT2D eigenvalue weighted by Crippen LogP contribution is 2.26. The fraction of sp³-hybridized carbons (Fsp3) is 0.389. The molecule has 0 radical (unpaired) electrons. The fourth-order valence-electron chi connectivity index (χ4n) is 2.40. The molecule has 6 heteroatoms. The molecule has 1 aromatic carbocycles. The molecule has 1 amide bonds. The Morgan fingerprint density at radius 3 is 2.58 bits per heavy atom. The minimum Gasteiger partial charge on any atom is -0.497 e. The van der Waals surface area contributed by atoms with Crippen LogP contribution >= 0.6 is 0 Å². The van der Waals surface area contributed by atoms with Crippen LogP contribution < -0.4 is 9.47 Å². The molecule has 0 saturated heterocycles. The van der Waals surface area contributed by atoms with Gasteiger partial charge in [0.15, 0.2) is 5.76 Å². The van der Waals surface area contributed by atoms with E-state index in [1.165, 1.54) is 4.90 Å². The van der Waals surface area contributed by atoms with Crippen LogP contribution in [0.1, 0.15) is 28.8 Å². The van der Waals surface area contributed by atoms with Crippen LogP contribution in [0.25, 0.3) is 0 Å². The number of hydrogen-bond acceptors (Lipinski definition) is 5. The van der Waals surface area contributed by atoms with Crippen molar-refractivity contribution in [3.05, 3.63) is 47.4 Å². The number of aliphatic hydroxyl groups excluding tert-OH is 1. The number of aryl methyl sites for hydroxylation is 1. The second-order valence-corrected chi connectivity index (χ2v) is 5.25. The Morgan fingerprint density at radius 1 is 1.21 bits per heavy atom. The summed E-state index contributed by atoms with van der Waals surface area (Å²) in [7, 11) is 3.15. The van der Waals surface area contributed by atoms with Gasteiger partial charge in [-0.05, 0) is 24.3 Å². The van der Waals surface area contributed by atoms with Gasteiger partial charge >= 0.3 is 0 Å². The average Bonchev–Trinajstić information content (AvgIpc) is 3.10. The molecule has 0 unspecified atom stereocenters. The van der Waals surface area contributed by atoms with Gasteiger partial charge in [-0.3, -0.25) is 4.79 Å². The van der Waals surface area contributed by atoms with Crippen LogP contribution in [0.2, 0.25) is 0 Å². The first kappa shape index (κ1) is 17.9. The average molecular weight is 333 g/mol. The highest BCUT2D eigenvalue weighted by Gasteiger charge is 2.20. The predicted molar refractivity (Wildman–Crippen MR) is 89.5 cm³/mol. The number of methoxy groups -OCH3 is 2. The number of nitrogens with zero attached hydrogens (tertiary/aromatic N) is 1. The molecule has 0 atom stereocenters. The van der Waals surface area contributed by atoms with Crippen LogP contribution in [0.5, 0.6) is 11.5 Å².